The van der Waals surface area contributed by atoms with Crippen molar-refractivity contribution in [3.63, 3.8) is 0 Å². The quantitative estimate of drug-likeness (QED) is 0.0977. The van der Waals surface area contributed by atoms with Gasteiger partial charge in [-0.05, 0) is 61.1 Å². The molecule has 6 heterocycles. The van der Waals surface area contributed by atoms with E-state index in [-0.39, 0.29) is 53.2 Å². The second-order valence-corrected chi connectivity index (χ2v) is 14.1. The monoisotopic (exact) mass is 892 g/mol. The molecule has 7 rings (SSSR count). The van der Waals surface area contributed by atoms with Crippen LogP contribution in [0.2, 0.25) is 0 Å². The van der Waals surface area contributed by atoms with Crippen molar-refractivity contribution in [3.05, 3.63) is 84.5 Å². The van der Waals surface area contributed by atoms with Gasteiger partial charge in [0.1, 0.15) is 0 Å². The standard InChI is InChI=1S/C19H19F5N4O2.C18H14F6N4O2.C2H6/c1-11(2)9-30-18(3,21)17-27-26-15-5-4-12(8-28(15)17)13-6-14(20)16(25-7-13)29-10-19(22,23)24;19-13-5-12(6-25-15(13)29-9-17(20,21)22)11-3-4-14-26-27-16(28(14)7-11)18(23,24)30-8-10-1-2-10;1-2/h4-8,11H,9-10H2,1-3H3;3-7,10H,1-2,8-9H2;1-2H3. The average molecular weight is 893 g/mol. The van der Waals surface area contributed by atoms with Crippen LogP contribution in [0, 0.1) is 23.5 Å². The molecule has 0 aromatic carbocycles. The van der Waals surface area contributed by atoms with E-state index in [0.717, 1.165) is 41.8 Å². The normalized spacial score (nSPS) is 14.3. The third-order valence-electron chi connectivity index (χ3n) is 8.38. The summed E-state index contributed by atoms with van der Waals surface area (Å²) in [6.07, 6.45) is -6.33. The van der Waals surface area contributed by atoms with Crippen LogP contribution in [0.1, 0.15) is 59.1 Å². The van der Waals surface area contributed by atoms with Crippen molar-refractivity contribution in [2.24, 2.45) is 11.8 Å². The number of fused-ring (bicyclic) bond motifs is 2. The summed E-state index contributed by atoms with van der Waals surface area (Å²) in [6, 6.07) is 7.83. The Morgan fingerprint density at radius 1 is 0.645 bits per heavy atom. The lowest BCUT2D eigenvalue weighted by Crippen LogP contribution is -2.25. The second kappa shape index (κ2) is 19.1. The van der Waals surface area contributed by atoms with Crippen LogP contribution in [-0.4, -0.2) is 77.9 Å². The van der Waals surface area contributed by atoms with Crippen LogP contribution in [0.4, 0.5) is 48.3 Å². The van der Waals surface area contributed by atoms with E-state index in [1.807, 2.05) is 27.7 Å². The number of rotatable bonds is 14. The van der Waals surface area contributed by atoms with Gasteiger partial charge in [-0.25, -0.2) is 23.1 Å². The van der Waals surface area contributed by atoms with Gasteiger partial charge in [-0.1, -0.05) is 27.7 Å². The van der Waals surface area contributed by atoms with Gasteiger partial charge in [0.05, 0.1) is 13.2 Å². The number of halogens is 11. The van der Waals surface area contributed by atoms with Crippen molar-refractivity contribution < 1.29 is 67.2 Å². The first kappa shape index (κ1) is 47.3. The van der Waals surface area contributed by atoms with E-state index < -0.39 is 66.7 Å². The Morgan fingerprint density at radius 2 is 1.10 bits per heavy atom. The molecule has 0 amide bonds. The zero-order valence-electron chi connectivity index (χ0n) is 33.5. The van der Waals surface area contributed by atoms with Crippen LogP contribution >= 0.6 is 0 Å². The Hall–Kier alpha value is -5.71. The van der Waals surface area contributed by atoms with E-state index in [1.165, 1.54) is 41.9 Å². The fraction of sp³-hybridized carbons (Fsp3) is 0.436. The third-order valence-corrected chi connectivity index (χ3v) is 8.38. The summed E-state index contributed by atoms with van der Waals surface area (Å²) < 4.78 is 167. The summed E-state index contributed by atoms with van der Waals surface area (Å²) in [6.45, 7) is 5.68. The molecule has 23 heteroatoms. The number of pyridine rings is 4. The van der Waals surface area contributed by atoms with Crippen molar-refractivity contribution in [2.45, 2.75) is 71.8 Å². The van der Waals surface area contributed by atoms with E-state index in [2.05, 4.69) is 39.8 Å². The van der Waals surface area contributed by atoms with Crippen molar-refractivity contribution in [2.75, 3.05) is 26.4 Å². The molecule has 12 nitrogen and oxygen atoms in total. The topological polar surface area (TPSA) is 123 Å². The van der Waals surface area contributed by atoms with Gasteiger partial charge in [0, 0.05) is 54.0 Å². The van der Waals surface area contributed by atoms with Crippen molar-refractivity contribution in [1.82, 2.24) is 39.2 Å². The molecule has 1 fully saturated rings. The molecule has 0 aliphatic heterocycles. The van der Waals surface area contributed by atoms with E-state index in [0.29, 0.717) is 11.2 Å². The van der Waals surface area contributed by atoms with Gasteiger partial charge in [0.2, 0.25) is 11.6 Å². The molecule has 0 N–H and O–H groups in total. The predicted octanol–water partition coefficient (Wildman–Crippen LogP) is 10.1. The Labute approximate surface area is 346 Å². The zero-order chi connectivity index (χ0) is 45.6. The van der Waals surface area contributed by atoms with E-state index in [1.54, 1.807) is 6.07 Å². The van der Waals surface area contributed by atoms with Gasteiger partial charge in [0.15, 0.2) is 36.1 Å². The molecule has 0 saturated heterocycles. The molecule has 0 radical (unpaired) electrons. The molecule has 336 valence electrons. The molecule has 1 atom stereocenters. The van der Waals surface area contributed by atoms with Crippen LogP contribution in [0.25, 0.3) is 33.5 Å². The number of hydrogen-bond acceptors (Lipinski definition) is 10. The summed E-state index contributed by atoms with van der Waals surface area (Å²) >= 11 is 0. The predicted molar refractivity (Wildman–Crippen MR) is 199 cm³/mol. The minimum atomic E-state index is -4.64. The zero-order valence-corrected chi connectivity index (χ0v) is 33.5. The number of aromatic nitrogens is 8. The van der Waals surface area contributed by atoms with Crippen molar-refractivity contribution >= 4 is 11.3 Å². The highest BCUT2D eigenvalue weighted by Crippen LogP contribution is 2.36. The van der Waals surface area contributed by atoms with Crippen LogP contribution in [0.5, 0.6) is 11.8 Å². The Balaban J connectivity index is 0.000000225. The molecule has 1 aliphatic carbocycles. The molecule has 0 bridgehead atoms. The number of hydrogen-bond donors (Lipinski definition) is 0. The van der Waals surface area contributed by atoms with Crippen LogP contribution in [0.15, 0.2) is 61.2 Å². The largest absolute Gasteiger partial charge is 0.466 e. The molecule has 1 unspecified atom stereocenters. The minimum absolute atomic E-state index is 0.0986. The van der Waals surface area contributed by atoms with E-state index >= 15 is 4.39 Å². The summed E-state index contributed by atoms with van der Waals surface area (Å²) in [5.74, 6) is -6.61. The Kier molecular flexibility index (Phi) is 14.6. The summed E-state index contributed by atoms with van der Waals surface area (Å²) in [5, 5.41) is 14.9. The van der Waals surface area contributed by atoms with Crippen molar-refractivity contribution in [1.29, 1.82) is 0 Å². The van der Waals surface area contributed by atoms with Gasteiger partial charge in [-0.15, -0.1) is 20.4 Å². The maximum Gasteiger partial charge on any atom is 0.422 e. The molecule has 62 heavy (non-hydrogen) atoms. The smallest absolute Gasteiger partial charge is 0.422 e. The maximum atomic E-state index is 15.1. The van der Waals surface area contributed by atoms with Gasteiger partial charge in [-0.3, -0.25) is 8.80 Å². The highest BCUT2D eigenvalue weighted by atomic mass is 19.4. The molecule has 0 spiro atoms. The van der Waals surface area contributed by atoms with E-state index in [4.69, 9.17) is 9.47 Å². The average Bonchev–Trinajstić information content (AvgIpc) is 3.78. The second-order valence-electron chi connectivity index (χ2n) is 14.1. The van der Waals surface area contributed by atoms with Crippen LogP contribution in [0.3, 0.4) is 0 Å². The van der Waals surface area contributed by atoms with Gasteiger partial charge < -0.3 is 18.9 Å². The highest BCUT2D eigenvalue weighted by Gasteiger charge is 2.41. The summed E-state index contributed by atoms with van der Waals surface area (Å²) in [7, 11) is 0. The fourth-order valence-corrected chi connectivity index (χ4v) is 5.26. The van der Waals surface area contributed by atoms with Crippen LogP contribution in [-0.2, 0) is 21.4 Å². The lowest BCUT2D eigenvalue weighted by molar-refractivity contribution is -0.256. The Bertz CT molecular complexity index is 2270. The van der Waals surface area contributed by atoms with Gasteiger partial charge in [0.25, 0.3) is 17.6 Å². The minimum Gasteiger partial charge on any atom is -0.466 e. The van der Waals surface area contributed by atoms with Crippen molar-refractivity contribution in [3.8, 4) is 34.0 Å². The maximum absolute atomic E-state index is 15.1. The lowest BCUT2D eigenvalue weighted by atomic mass is 10.1. The molecular weight excluding hydrogens is 853 g/mol. The summed E-state index contributed by atoms with van der Waals surface area (Å²) in [4.78, 5) is 7.15. The molecule has 6 aromatic rings. The third kappa shape index (κ3) is 12.4. The summed E-state index contributed by atoms with van der Waals surface area (Å²) in [5.41, 5.74) is 1.51. The Morgan fingerprint density at radius 3 is 1.52 bits per heavy atom. The fourth-order valence-electron chi connectivity index (χ4n) is 5.26. The first-order valence-electron chi connectivity index (χ1n) is 18.8. The van der Waals surface area contributed by atoms with Gasteiger partial charge >= 0.3 is 18.5 Å². The first-order chi connectivity index (χ1) is 29.1. The molecule has 1 aliphatic rings. The van der Waals surface area contributed by atoms with Gasteiger partial charge in [-0.2, -0.15) is 35.1 Å². The number of nitrogens with zero attached hydrogens (tertiary/aromatic N) is 8. The van der Waals surface area contributed by atoms with Crippen LogP contribution < -0.4 is 9.47 Å². The molecular formula is C39H39F11N8O4. The van der Waals surface area contributed by atoms with E-state index in [9.17, 15) is 43.9 Å². The lowest BCUT2D eigenvalue weighted by Gasteiger charge is -2.20. The highest BCUT2D eigenvalue weighted by molar-refractivity contribution is 5.65. The number of alkyl halides is 9. The SMILES string of the molecule is CC.CC(C)COC(C)(F)c1nnc2ccc(-c3cnc(OCC(F)(F)F)c(F)c3)cn12.Fc1cc(-c2ccc3nnc(C(F)(F)OCC4CC4)n3c2)cnc1OCC(F)(F)F. The first-order valence-corrected chi connectivity index (χ1v) is 18.8. The number of ether oxygens (including phenoxy) is 4. The molecule has 1 saturated carbocycles. The molecule has 6 aromatic heterocycles.